The normalized spacial score (nSPS) is 43.9. The molecule has 0 amide bonds. The lowest BCUT2D eigenvalue weighted by Gasteiger charge is -2.21. The molecule has 0 radical (unpaired) electrons. The van der Waals surface area contributed by atoms with Gasteiger partial charge in [-0.3, -0.25) is 0 Å². The van der Waals surface area contributed by atoms with Gasteiger partial charge in [0.25, 0.3) is 0 Å². The molecule has 1 spiro atoms. The first kappa shape index (κ1) is 7.56. The van der Waals surface area contributed by atoms with Crippen LogP contribution in [0.5, 0.6) is 0 Å². The van der Waals surface area contributed by atoms with Crippen LogP contribution in [0.25, 0.3) is 0 Å². The minimum absolute atomic E-state index is 0.282. The Labute approximate surface area is 68.1 Å². The second kappa shape index (κ2) is 2.76. The zero-order chi connectivity index (χ0) is 7.73. The predicted octanol–water partition coefficient (Wildman–Crippen LogP) is 1.29. The quantitative estimate of drug-likeness (QED) is 0.619. The number of hydrogen-bond acceptors (Lipinski definition) is 2. The van der Waals surface area contributed by atoms with Crippen LogP contribution in [0.4, 0.5) is 0 Å². The fourth-order valence-corrected chi connectivity index (χ4v) is 2.51. The Morgan fingerprint density at radius 1 is 1.45 bits per heavy atom. The van der Waals surface area contributed by atoms with Crippen molar-refractivity contribution in [1.82, 2.24) is 0 Å². The summed E-state index contributed by atoms with van der Waals surface area (Å²) in [6.45, 7) is 1.84. The Bertz CT molecular complexity index is 140. The molecular formula is C9H17NO. The molecule has 1 aliphatic heterocycles. The molecule has 2 heteroatoms. The zero-order valence-electron chi connectivity index (χ0n) is 7.01. The van der Waals surface area contributed by atoms with E-state index in [1.54, 1.807) is 0 Å². The molecule has 2 atom stereocenters. The van der Waals surface area contributed by atoms with Crippen LogP contribution in [0.15, 0.2) is 0 Å². The second-order valence-corrected chi connectivity index (χ2v) is 3.98. The lowest BCUT2D eigenvalue weighted by Crippen LogP contribution is -2.24. The van der Waals surface area contributed by atoms with Crippen molar-refractivity contribution >= 4 is 0 Å². The minimum Gasteiger partial charge on any atom is -0.375 e. The van der Waals surface area contributed by atoms with E-state index in [4.69, 9.17) is 10.5 Å². The Morgan fingerprint density at radius 3 is 2.91 bits per heavy atom. The third-order valence-corrected chi connectivity index (χ3v) is 3.19. The predicted molar refractivity (Wildman–Crippen MR) is 44.3 cm³/mol. The third-order valence-electron chi connectivity index (χ3n) is 3.19. The van der Waals surface area contributed by atoms with Crippen LogP contribution in [0.2, 0.25) is 0 Å². The fraction of sp³-hybridized carbons (Fsp3) is 1.00. The van der Waals surface area contributed by atoms with E-state index >= 15 is 0 Å². The monoisotopic (exact) mass is 155 g/mol. The van der Waals surface area contributed by atoms with Crippen molar-refractivity contribution in [3.05, 3.63) is 0 Å². The van der Waals surface area contributed by atoms with Crippen molar-refractivity contribution in [1.29, 1.82) is 0 Å². The summed E-state index contributed by atoms with van der Waals surface area (Å²) in [6, 6.07) is 0. The van der Waals surface area contributed by atoms with Gasteiger partial charge in [0.15, 0.2) is 0 Å². The molecular weight excluding hydrogens is 138 g/mol. The Morgan fingerprint density at radius 2 is 2.36 bits per heavy atom. The Hall–Kier alpha value is -0.0800. The molecule has 2 unspecified atom stereocenters. The van der Waals surface area contributed by atoms with Crippen molar-refractivity contribution in [2.45, 2.75) is 37.7 Å². The van der Waals surface area contributed by atoms with E-state index < -0.39 is 0 Å². The van der Waals surface area contributed by atoms with Gasteiger partial charge in [-0.05, 0) is 44.6 Å². The van der Waals surface area contributed by atoms with Gasteiger partial charge < -0.3 is 10.5 Å². The lowest BCUT2D eigenvalue weighted by molar-refractivity contribution is 0.00745. The first-order valence-corrected chi connectivity index (χ1v) is 4.69. The number of rotatable bonds is 1. The van der Waals surface area contributed by atoms with E-state index in [0.29, 0.717) is 0 Å². The van der Waals surface area contributed by atoms with Crippen LogP contribution in [-0.4, -0.2) is 18.8 Å². The summed E-state index contributed by atoms with van der Waals surface area (Å²) in [5.74, 6) is 0.744. The standard InChI is InChI=1S/C9H17NO/c10-7-8-2-4-9(6-8)3-1-5-11-9/h8H,1-7,10H2. The maximum atomic E-state index is 5.78. The summed E-state index contributed by atoms with van der Waals surface area (Å²) in [5.41, 5.74) is 5.91. The highest BCUT2D eigenvalue weighted by atomic mass is 16.5. The van der Waals surface area contributed by atoms with Gasteiger partial charge in [-0.25, -0.2) is 0 Å². The number of nitrogens with two attached hydrogens (primary N) is 1. The molecule has 2 aliphatic rings. The molecule has 1 saturated heterocycles. The second-order valence-electron chi connectivity index (χ2n) is 3.98. The molecule has 1 aliphatic carbocycles. The molecule has 2 nitrogen and oxygen atoms in total. The van der Waals surface area contributed by atoms with E-state index in [0.717, 1.165) is 19.1 Å². The van der Waals surface area contributed by atoms with E-state index in [1.165, 1.54) is 32.1 Å². The molecule has 1 saturated carbocycles. The van der Waals surface area contributed by atoms with Crippen molar-refractivity contribution in [3.63, 3.8) is 0 Å². The molecule has 1 heterocycles. The molecule has 0 aromatic rings. The molecule has 2 rings (SSSR count). The zero-order valence-corrected chi connectivity index (χ0v) is 7.01. The summed E-state index contributed by atoms with van der Waals surface area (Å²) >= 11 is 0. The highest BCUT2D eigenvalue weighted by Crippen LogP contribution is 2.43. The van der Waals surface area contributed by atoms with Crippen LogP contribution in [0, 0.1) is 5.92 Å². The maximum absolute atomic E-state index is 5.78. The van der Waals surface area contributed by atoms with Crippen molar-refractivity contribution in [3.8, 4) is 0 Å². The van der Waals surface area contributed by atoms with Crippen LogP contribution < -0.4 is 5.73 Å². The largest absolute Gasteiger partial charge is 0.375 e. The number of hydrogen-bond donors (Lipinski definition) is 1. The average Bonchev–Trinajstić information content (AvgIpc) is 2.62. The van der Waals surface area contributed by atoms with Gasteiger partial charge >= 0.3 is 0 Å². The summed E-state index contributed by atoms with van der Waals surface area (Å²) in [5, 5.41) is 0. The highest BCUT2D eigenvalue weighted by Gasteiger charge is 2.41. The fourth-order valence-electron chi connectivity index (χ4n) is 2.51. The van der Waals surface area contributed by atoms with Gasteiger partial charge in [-0.15, -0.1) is 0 Å². The smallest absolute Gasteiger partial charge is 0.0686 e. The van der Waals surface area contributed by atoms with Crippen LogP contribution in [-0.2, 0) is 4.74 Å². The van der Waals surface area contributed by atoms with Gasteiger partial charge in [0, 0.05) is 6.61 Å². The van der Waals surface area contributed by atoms with Gasteiger partial charge in [-0.1, -0.05) is 0 Å². The van der Waals surface area contributed by atoms with Crippen molar-refractivity contribution in [2.24, 2.45) is 11.7 Å². The first-order valence-electron chi connectivity index (χ1n) is 4.69. The van der Waals surface area contributed by atoms with Gasteiger partial charge in [-0.2, -0.15) is 0 Å². The molecule has 0 bridgehead atoms. The van der Waals surface area contributed by atoms with E-state index in [9.17, 15) is 0 Å². The van der Waals surface area contributed by atoms with E-state index in [-0.39, 0.29) is 5.60 Å². The number of ether oxygens (including phenoxy) is 1. The molecule has 0 aromatic heterocycles. The molecule has 2 N–H and O–H groups in total. The minimum atomic E-state index is 0.282. The van der Waals surface area contributed by atoms with Crippen molar-refractivity contribution in [2.75, 3.05) is 13.2 Å². The summed E-state index contributed by atoms with van der Waals surface area (Å²) in [6.07, 6.45) is 6.32. The van der Waals surface area contributed by atoms with Crippen LogP contribution in [0.1, 0.15) is 32.1 Å². The third kappa shape index (κ3) is 1.30. The molecule has 0 aromatic carbocycles. The van der Waals surface area contributed by atoms with Crippen molar-refractivity contribution < 1.29 is 4.74 Å². The van der Waals surface area contributed by atoms with Gasteiger partial charge in [0.2, 0.25) is 0 Å². The highest BCUT2D eigenvalue weighted by molar-refractivity contribution is 4.93. The topological polar surface area (TPSA) is 35.2 Å². The molecule has 2 fully saturated rings. The SMILES string of the molecule is NCC1CCC2(CCCO2)C1. The van der Waals surface area contributed by atoms with Crippen LogP contribution >= 0.6 is 0 Å². The molecule has 64 valence electrons. The average molecular weight is 155 g/mol. The lowest BCUT2D eigenvalue weighted by atomic mass is 9.97. The Kier molecular flexibility index (Phi) is 1.90. The maximum Gasteiger partial charge on any atom is 0.0686 e. The van der Waals surface area contributed by atoms with Gasteiger partial charge in [0.1, 0.15) is 0 Å². The summed E-state index contributed by atoms with van der Waals surface area (Å²) < 4.78 is 5.78. The van der Waals surface area contributed by atoms with E-state index in [2.05, 4.69) is 0 Å². The van der Waals surface area contributed by atoms with Crippen LogP contribution in [0.3, 0.4) is 0 Å². The summed E-state index contributed by atoms with van der Waals surface area (Å²) in [4.78, 5) is 0. The van der Waals surface area contributed by atoms with Gasteiger partial charge in [0.05, 0.1) is 5.60 Å². The first-order chi connectivity index (χ1) is 5.35. The Balaban J connectivity index is 1.96. The summed E-state index contributed by atoms with van der Waals surface area (Å²) in [7, 11) is 0. The van der Waals surface area contributed by atoms with E-state index in [1.807, 2.05) is 0 Å². The molecule has 11 heavy (non-hydrogen) atoms.